The van der Waals surface area contributed by atoms with E-state index in [2.05, 4.69) is 15.7 Å². The van der Waals surface area contributed by atoms with Crippen LogP contribution >= 0.6 is 0 Å². The van der Waals surface area contributed by atoms with Crippen molar-refractivity contribution < 1.29 is 14.4 Å². The van der Waals surface area contributed by atoms with Crippen molar-refractivity contribution in [1.82, 2.24) is 20.4 Å². The first-order chi connectivity index (χ1) is 15.2. The van der Waals surface area contributed by atoms with Gasteiger partial charge in [0.1, 0.15) is 6.04 Å². The number of amides is 3. The molecule has 0 radical (unpaired) electrons. The number of hydrogen-bond donors (Lipinski definition) is 3. The smallest absolute Gasteiger partial charge is 0.273 e. The van der Waals surface area contributed by atoms with Gasteiger partial charge in [0.25, 0.3) is 5.91 Å². The number of aromatic nitrogens is 2. The second kappa shape index (κ2) is 10.1. The van der Waals surface area contributed by atoms with Gasteiger partial charge in [-0.25, -0.2) is 0 Å². The van der Waals surface area contributed by atoms with Gasteiger partial charge in [-0.15, -0.1) is 0 Å². The summed E-state index contributed by atoms with van der Waals surface area (Å²) in [5, 5.41) is 11.0. The maximum Gasteiger partial charge on any atom is 0.273 e. The summed E-state index contributed by atoms with van der Waals surface area (Å²) in [6, 6.07) is 6.94. The predicted molar refractivity (Wildman–Crippen MR) is 124 cm³/mol. The van der Waals surface area contributed by atoms with Crippen LogP contribution in [0.3, 0.4) is 0 Å². The zero-order valence-corrected chi connectivity index (χ0v) is 19.3. The summed E-state index contributed by atoms with van der Waals surface area (Å²) < 4.78 is 1.94. The van der Waals surface area contributed by atoms with Gasteiger partial charge >= 0.3 is 0 Å². The fraction of sp³-hybridized carbons (Fsp3) is 0.583. The minimum Gasteiger partial charge on any atom is -0.370 e. The molecule has 1 aromatic carbocycles. The van der Waals surface area contributed by atoms with Crippen molar-refractivity contribution in [1.29, 1.82) is 0 Å². The fourth-order valence-corrected chi connectivity index (χ4v) is 4.33. The molecule has 0 spiro atoms. The number of nitrogens with two attached hydrogens (primary N) is 1. The molecule has 8 nitrogen and oxygen atoms in total. The second-order valence-corrected chi connectivity index (χ2v) is 9.83. The van der Waals surface area contributed by atoms with Crippen molar-refractivity contribution in [2.75, 3.05) is 6.54 Å². The van der Waals surface area contributed by atoms with Gasteiger partial charge in [0.2, 0.25) is 11.8 Å². The molecule has 3 amide bonds. The van der Waals surface area contributed by atoms with Crippen LogP contribution in [0.15, 0.2) is 24.3 Å². The summed E-state index contributed by atoms with van der Waals surface area (Å²) in [5.74, 6) is -0.649. The fourth-order valence-electron chi connectivity index (χ4n) is 4.33. The zero-order valence-electron chi connectivity index (χ0n) is 19.3. The van der Waals surface area contributed by atoms with E-state index in [-0.39, 0.29) is 24.8 Å². The molecule has 3 rings (SSSR count). The van der Waals surface area contributed by atoms with Crippen molar-refractivity contribution in [2.45, 2.75) is 71.9 Å². The molecular weight excluding hydrogens is 406 g/mol. The van der Waals surface area contributed by atoms with E-state index in [0.717, 1.165) is 17.4 Å². The highest BCUT2D eigenvalue weighted by Crippen LogP contribution is 2.27. The molecule has 32 heavy (non-hydrogen) atoms. The molecule has 0 aliphatic heterocycles. The largest absolute Gasteiger partial charge is 0.370 e. The molecule has 1 saturated carbocycles. The van der Waals surface area contributed by atoms with Gasteiger partial charge in [0.05, 0.1) is 5.52 Å². The van der Waals surface area contributed by atoms with Crippen molar-refractivity contribution in [2.24, 2.45) is 17.1 Å². The number of rotatable bonds is 8. The minimum absolute atomic E-state index is 0.0484. The van der Waals surface area contributed by atoms with Gasteiger partial charge in [-0.05, 0) is 30.2 Å². The topological polar surface area (TPSA) is 119 Å². The third kappa shape index (κ3) is 5.87. The van der Waals surface area contributed by atoms with E-state index in [1.165, 1.54) is 32.1 Å². The Bertz CT molecular complexity index is 970. The van der Waals surface area contributed by atoms with Crippen molar-refractivity contribution in [3.63, 3.8) is 0 Å². The molecule has 0 saturated heterocycles. The van der Waals surface area contributed by atoms with E-state index < -0.39 is 17.4 Å². The van der Waals surface area contributed by atoms with Crippen LogP contribution in [0.5, 0.6) is 0 Å². The summed E-state index contributed by atoms with van der Waals surface area (Å²) in [5.41, 5.74) is 5.88. The lowest BCUT2D eigenvalue weighted by Gasteiger charge is -2.30. The Morgan fingerprint density at radius 3 is 2.50 bits per heavy atom. The maximum atomic E-state index is 13.3. The van der Waals surface area contributed by atoms with Crippen molar-refractivity contribution in [3.05, 3.63) is 30.0 Å². The highest BCUT2D eigenvalue weighted by Gasteiger charge is 2.34. The molecule has 0 unspecified atom stereocenters. The van der Waals surface area contributed by atoms with Gasteiger partial charge in [-0.3, -0.25) is 19.1 Å². The molecule has 174 valence electrons. The Balaban J connectivity index is 1.81. The van der Waals surface area contributed by atoms with Crippen LogP contribution in [-0.4, -0.2) is 40.1 Å². The van der Waals surface area contributed by atoms with Crippen LogP contribution in [0, 0.1) is 11.3 Å². The second-order valence-electron chi connectivity index (χ2n) is 9.83. The van der Waals surface area contributed by atoms with E-state index in [1.54, 1.807) is 0 Å². The van der Waals surface area contributed by atoms with Crippen LogP contribution in [0.4, 0.5) is 0 Å². The van der Waals surface area contributed by atoms with E-state index >= 15 is 0 Å². The first kappa shape index (κ1) is 23.8. The Labute approximate surface area is 189 Å². The van der Waals surface area contributed by atoms with E-state index in [9.17, 15) is 14.4 Å². The average Bonchev–Trinajstić information content (AvgIpc) is 3.10. The molecule has 1 aliphatic rings. The lowest BCUT2D eigenvalue weighted by molar-refractivity contribution is -0.125. The zero-order chi connectivity index (χ0) is 23.3. The van der Waals surface area contributed by atoms with Crippen LogP contribution in [0.25, 0.3) is 10.9 Å². The number of primary amides is 1. The summed E-state index contributed by atoms with van der Waals surface area (Å²) in [6.45, 7) is 6.57. The maximum absolute atomic E-state index is 13.3. The number of para-hydroxylation sites is 1. The number of hydrogen-bond acceptors (Lipinski definition) is 4. The summed E-state index contributed by atoms with van der Waals surface area (Å²) >= 11 is 0. The Morgan fingerprint density at radius 2 is 1.84 bits per heavy atom. The van der Waals surface area contributed by atoms with E-state index in [4.69, 9.17) is 5.73 Å². The summed E-state index contributed by atoms with van der Waals surface area (Å²) in [6.07, 6.45) is 6.21. The first-order valence-electron chi connectivity index (χ1n) is 11.5. The van der Waals surface area contributed by atoms with Gasteiger partial charge in [-0.1, -0.05) is 58.2 Å². The molecule has 1 aromatic heterocycles. The standard InChI is InChI=1S/C24H35N5O3/c1-24(2,3)21(23(32)26-14-13-19(25)30)27-22(31)20-17-11-7-8-12-18(17)29(28-20)15-16-9-5-4-6-10-16/h7-8,11-12,16,21H,4-6,9-10,13-15H2,1-3H3,(H2,25,30)(H,26,32)(H,27,31)/t21-/m1/s1. The van der Waals surface area contributed by atoms with Crippen LogP contribution in [0.1, 0.15) is 69.8 Å². The number of nitrogens with one attached hydrogen (secondary N) is 2. The lowest BCUT2D eigenvalue weighted by atomic mass is 9.86. The first-order valence-corrected chi connectivity index (χ1v) is 11.5. The van der Waals surface area contributed by atoms with Gasteiger partial charge in [0, 0.05) is 24.9 Å². The van der Waals surface area contributed by atoms with E-state index in [1.807, 2.05) is 49.7 Å². The quantitative estimate of drug-likeness (QED) is 0.583. The molecular formula is C24H35N5O3. The van der Waals surface area contributed by atoms with Crippen molar-refractivity contribution in [3.8, 4) is 0 Å². The number of carbonyl (C=O) groups excluding carboxylic acids is 3. The SMILES string of the molecule is CC(C)(C)[C@H](NC(=O)c1nn(CC2CCCCC2)c2ccccc12)C(=O)NCCC(N)=O. The molecule has 4 N–H and O–H groups in total. The van der Waals surface area contributed by atoms with Gasteiger partial charge in [-0.2, -0.15) is 5.10 Å². The van der Waals surface area contributed by atoms with E-state index in [0.29, 0.717) is 11.6 Å². The monoisotopic (exact) mass is 441 g/mol. The minimum atomic E-state index is -0.787. The normalized spacial score (nSPS) is 16.0. The molecule has 2 aromatic rings. The van der Waals surface area contributed by atoms with Crippen LogP contribution in [-0.2, 0) is 16.1 Å². The molecule has 0 bridgehead atoms. The molecule has 1 heterocycles. The highest BCUT2D eigenvalue weighted by molar-refractivity contribution is 6.06. The molecule has 8 heteroatoms. The number of benzene rings is 1. The third-order valence-corrected chi connectivity index (χ3v) is 6.10. The highest BCUT2D eigenvalue weighted by atomic mass is 16.2. The lowest BCUT2D eigenvalue weighted by Crippen LogP contribution is -2.54. The predicted octanol–water partition coefficient (Wildman–Crippen LogP) is 2.75. The molecule has 1 fully saturated rings. The average molecular weight is 442 g/mol. The van der Waals surface area contributed by atoms with Crippen LogP contribution < -0.4 is 16.4 Å². The van der Waals surface area contributed by atoms with Gasteiger partial charge < -0.3 is 16.4 Å². The Kier molecular flexibility index (Phi) is 7.53. The number of fused-ring (bicyclic) bond motifs is 1. The summed E-state index contributed by atoms with van der Waals surface area (Å²) in [7, 11) is 0. The van der Waals surface area contributed by atoms with Crippen molar-refractivity contribution >= 4 is 28.6 Å². The Hall–Kier alpha value is -2.90. The number of carbonyl (C=O) groups is 3. The molecule has 1 aliphatic carbocycles. The van der Waals surface area contributed by atoms with Crippen LogP contribution in [0.2, 0.25) is 0 Å². The Morgan fingerprint density at radius 1 is 1.16 bits per heavy atom. The summed E-state index contributed by atoms with van der Waals surface area (Å²) in [4.78, 5) is 37.0. The number of nitrogens with zero attached hydrogens (tertiary/aromatic N) is 2. The molecule has 1 atom stereocenters. The third-order valence-electron chi connectivity index (χ3n) is 6.10. The van der Waals surface area contributed by atoms with Gasteiger partial charge in [0.15, 0.2) is 5.69 Å².